The highest BCUT2D eigenvalue weighted by Gasteiger charge is 2.35. The van der Waals surface area contributed by atoms with E-state index in [2.05, 4.69) is 17.9 Å². The summed E-state index contributed by atoms with van der Waals surface area (Å²) in [4.78, 5) is 2.14. The number of β-amino-alcohol motifs (C(OH)–C–C–N with tert-alkyl or cyclic N) is 1. The first kappa shape index (κ1) is 15.3. The molecule has 2 atom stereocenters. The van der Waals surface area contributed by atoms with E-state index in [4.69, 9.17) is 4.74 Å². The summed E-state index contributed by atoms with van der Waals surface area (Å²) in [5.74, 6) is 0.944. The van der Waals surface area contributed by atoms with Gasteiger partial charge in [0.15, 0.2) is 0 Å². The Morgan fingerprint density at radius 2 is 2.15 bits per heavy atom. The van der Waals surface area contributed by atoms with E-state index in [1.165, 1.54) is 5.56 Å². The van der Waals surface area contributed by atoms with E-state index in [0.717, 1.165) is 25.3 Å². The van der Waals surface area contributed by atoms with Crippen molar-refractivity contribution in [2.24, 2.45) is 0 Å². The molecule has 0 spiro atoms. The summed E-state index contributed by atoms with van der Waals surface area (Å²) in [6.07, 6.45) is 0.875. The van der Waals surface area contributed by atoms with Crippen LogP contribution in [0.4, 0.5) is 0 Å². The number of aliphatic hydroxyl groups excluding tert-OH is 1. The summed E-state index contributed by atoms with van der Waals surface area (Å²) in [6.45, 7) is 6.49. The van der Waals surface area contributed by atoms with Gasteiger partial charge in [-0.15, -0.1) is 0 Å². The number of aliphatic hydroxyl groups is 2. The van der Waals surface area contributed by atoms with Crippen molar-refractivity contribution < 1.29 is 14.9 Å². The zero-order valence-corrected chi connectivity index (χ0v) is 12.4. The molecule has 4 heteroatoms. The first-order valence-electron chi connectivity index (χ1n) is 7.36. The van der Waals surface area contributed by atoms with Crippen LogP contribution < -0.4 is 4.74 Å². The highest BCUT2D eigenvalue weighted by atomic mass is 16.5. The van der Waals surface area contributed by atoms with Gasteiger partial charge in [-0.3, -0.25) is 4.90 Å². The lowest BCUT2D eigenvalue weighted by atomic mass is 9.91. The molecule has 1 fully saturated rings. The van der Waals surface area contributed by atoms with E-state index in [0.29, 0.717) is 19.6 Å². The number of benzene rings is 1. The number of ether oxygens (including phenoxy) is 1. The Kier molecular flexibility index (Phi) is 5.02. The first-order valence-corrected chi connectivity index (χ1v) is 7.36. The van der Waals surface area contributed by atoms with Crippen molar-refractivity contribution in [1.82, 2.24) is 4.90 Å². The molecule has 2 N–H and O–H groups in total. The molecular weight excluding hydrogens is 254 g/mol. The van der Waals surface area contributed by atoms with Gasteiger partial charge in [0.05, 0.1) is 11.7 Å². The Hall–Kier alpha value is -1.10. The minimum atomic E-state index is -0.952. The molecule has 0 saturated carbocycles. The van der Waals surface area contributed by atoms with Crippen LogP contribution in [0, 0.1) is 0 Å². The highest BCUT2D eigenvalue weighted by Crippen LogP contribution is 2.22. The maximum Gasteiger partial charge on any atom is 0.122 e. The molecule has 1 saturated heterocycles. The van der Waals surface area contributed by atoms with Gasteiger partial charge in [-0.1, -0.05) is 25.1 Å². The van der Waals surface area contributed by atoms with Crippen molar-refractivity contribution in [3.8, 4) is 5.75 Å². The molecule has 20 heavy (non-hydrogen) atoms. The first-order chi connectivity index (χ1) is 9.53. The monoisotopic (exact) mass is 279 g/mol. The molecule has 112 valence electrons. The van der Waals surface area contributed by atoms with Crippen molar-refractivity contribution in [2.45, 2.75) is 38.4 Å². The van der Waals surface area contributed by atoms with Crippen LogP contribution in [0.5, 0.6) is 5.75 Å². The fraction of sp³-hybridized carbons (Fsp3) is 0.625. The lowest BCUT2D eigenvalue weighted by molar-refractivity contribution is -0.108. The van der Waals surface area contributed by atoms with Gasteiger partial charge in [0, 0.05) is 19.6 Å². The summed E-state index contributed by atoms with van der Waals surface area (Å²) >= 11 is 0. The average molecular weight is 279 g/mol. The number of para-hydroxylation sites is 1. The van der Waals surface area contributed by atoms with Crippen LogP contribution in [0.2, 0.25) is 0 Å². The quantitative estimate of drug-likeness (QED) is 0.856. The normalized spacial score (nSPS) is 27.5. The number of hydrogen-bond donors (Lipinski definition) is 2. The Morgan fingerprint density at radius 1 is 1.40 bits per heavy atom. The minimum absolute atomic E-state index is 0.506. The van der Waals surface area contributed by atoms with E-state index in [1.807, 2.05) is 18.2 Å². The molecule has 0 aliphatic carbocycles. The lowest BCUT2D eigenvalue weighted by Crippen LogP contribution is -2.54. The van der Waals surface area contributed by atoms with E-state index >= 15 is 0 Å². The van der Waals surface area contributed by atoms with Crippen LogP contribution in [0.3, 0.4) is 0 Å². The standard InChI is InChI=1S/C16H25NO3/c1-3-13-6-4-5-7-14(13)20-11-10-17-9-8-16(2,19)15(18)12-17/h4-7,15,18-19H,3,8-12H2,1-2H3/t15-,16+/m1/s1. The number of likely N-dealkylation sites (tertiary alicyclic amines) is 1. The SMILES string of the molecule is CCc1ccccc1OCCN1CC[C@](C)(O)[C@H](O)C1. The predicted octanol–water partition coefficient (Wildman–Crippen LogP) is 1.45. The largest absolute Gasteiger partial charge is 0.492 e. The topological polar surface area (TPSA) is 52.9 Å². The molecule has 0 radical (unpaired) electrons. The van der Waals surface area contributed by atoms with Crippen molar-refractivity contribution in [3.63, 3.8) is 0 Å². The van der Waals surface area contributed by atoms with Crippen LogP contribution in [0.25, 0.3) is 0 Å². The van der Waals surface area contributed by atoms with Gasteiger partial charge in [-0.05, 0) is 31.4 Å². The highest BCUT2D eigenvalue weighted by molar-refractivity contribution is 5.33. The molecule has 4 nitrogen and oxygen atoms in total. The van der Waals surface area contributed by atoms with Crippen LogP contribution in [0.1, 0.15) is 25.8 Å². The van der Waals surface area contributed by atoms with Gasteiger partial charge >= 0.3 is 0 Å². The summed E-state index contributed by atoms with van der Waals surface area (Å²) < 4.78 is 5.83. The number of aryl methyl sites for hydroxylation is 1. The van der Waals surface area contributed by atoms with Gasteiger partial charge in [0.1, 0.15) is 12.4 Å². The van der Waals surface area contributed by atoms with Gasteiger partial charge in [-0.25, -0.2) is 0 Å². The van der Waals surface area contributed by atoms with E-state index in [-0.39, 0.29) is 0 Å². The molecular formula is C16H25NO3. The van der Waals surface area contributed by atoms with E-state index < -0.39 is 11.7 Å². The van der Waals surface area contributed by atoms with Gasteiger partial charge < -0.3 is 14.9 Å². The molecule has 1 aromatic carbocycles. The van der Waals surface area contributed by atoms with E-state index in [9.17, 15) is 10.2 Å². The third kappa shape index (κ3) is 3.72. The van der Waals surface area contributed by atoms with Crippen molar-refractivity contribution >= 4 is 0 Å². The number of rotatable bonds is 5. The fourth-order valence-corrected chi connectivity index (χ4v) is 2.51. The Balaban J connectivity index is 1.79. The predicted molar refractivity (Wildman–Crippen MR) is 79.0 cm³/mol. The second-order valence-electron chi connectivity index (χ2n) is 5.73. The molecule has 1 aliphatic heterocycles. The molecule has 1 aromatic rings. The summed E-state index contributed by atoms with van der Waals surface area (Å²) in [6, 6.07) is 8.08. The average Bonchev–Trinajstić information content (AvgIpc) is 2.43. The zero-order chi connectivity index (χ0) is 14.6. The Labute approximate surface area is 121 Å². The van der Waals surface area contributed by atoms with Crippen molar-refractivity contribution in [2.75, 3.05) is 26.2 Å². The van der Waals surface area contributed by atoms with Crippen molar-refractivity contribution in [1.29, 1.82) is 0 Å². The number of nitrogens with zero attached hydrogens (tertiary/aromatic N) is 1. The molecule has 2 rings (SSSR count). The second kappa shape index (κ2) is 6.57. The molecule has 0 amide bonds. The van der Waals surface area contributed by atoms with Crippen LogP contribution >= 0.6 is 0 Å². The summed E-state index contributed by atoms with van der Waals surface area (Å²) in [5.41, 5.74) is 0.265. The fourth-order valence-electron chi connectivity index (χ4n) is 2.51. The summed E-state index contributed by atoms with van der Waals surface area (Å²) in [7, 11) is 0. The minimum Gasteiger partial charge on any atom is -0.492 e. The summed E-state index contributed by atoms with van der Waals surface area (Å²) in [5, 5.41) is 19.8. The number of hydrogen-bond acceptors (Lipinski definition) is 4. The Bertz CT molecular complexity index is 433. The van der Waals surface area contributed by atoms with Crippen molar-refractivity contribution in [3.05, 3.63) is 29.8 Å². The second-order valence-corrected chi connectivity index (χ2v) is 5.73. The maximum atomic E-state index is 9.92. The third-order valence-electron chi connectivity index (χ3n) is 4.10. The molecule has 0 aromatic heterocycles. The van der Waals surface area contributed by atoms with Crippen LogP contribution in [-0.4, -0.2) is 53.1 Å². The number of piperidine rings is 1. The molecule has 1 heterocycles. The Morgan fingerprint density at radius 3 is 2.85 bits per heavy atom. The zero-order valence-electron chi connectivity index (χ0n) is 12.4. The van der Waals surface area contributed by atoms with Crippen LogP contribution in [-0.2, 0) is 6.42 Å². The molecule has 0 unspecified atom stereocenters. The third-order valence-corrected chi connectivity index (χ3v) is 4.10. The van der Waals surface area contributed by atoms with Gasteiger partial charge in [0.25, 0.3) is 0 Å². The maximum absolute atomic E-state index is 9.92. The lowest BCUT2D eigenvalue weighted by Gasteiger charge is -2.39. The molecule has 0 bridgehead atoms. The van der Waals surface area contributed by atoms with Gasteiger partial charge in [0.2, 0.25) is 0 Å². The van der Waals surface area contributed by atoms with E-state index in [1.54, 1.807) is 6.92 Å². The smallest absolute Gasteiger partial charge is 0.122 e. The molecule has 1 aliphatic rings. The van der Waals surface area contributed by atoms with Gasteiger partial charge in [-0.2, -0.15) is 0 Å². The van der Waals surface area contributed by atoms with Crippen LogP contribution in [0.15, 0.2) is 24.3 Å².